The zero-order chi connectivity index (χ0) is 17.8. The molecule has 25 heavy (non-hydrogen) atoms. The number of nitrogens with zero attached hydrogens (tertiary/aromatic N) is 2. The number of anilines is 2. The molecule has 0 aromatic heterocycles. The average Bonchev–Trinajstić information content (AvgIpc) is 2.65. The van der Waals surface area contributed by atoms with E-state index in [1.54, 1.807) is 12.1 Å². The van der Waals surface area contributed by atoms with Crippen LogP contribution in [-0.2, 0) is 4.79 Å². The van der Waals surface area contributed by atoms with Gasteiger partial charge >= 0.3 is 0 Å². The normalized spacial score (nSPS) is 10.3. The van der Waals surface area contributed by atoms with Crippen LogP contribution in [0.2, 0.25) is 5.02 Å². The lowest BCUT2D eigenvalue weighted by molar-refractivity contribution is -0.384. The molecule has 0 aliphatic heterocycles. The van der Waals surface area contributed by atoms with Crippen LogP contribution in [0.3, 0.4) is 0 Å². The summed E-state index contributed by atoms with van der Waals surface area (Å²) in [6, 6.07) is 20.9. The minimum absolute atomic E-state index is 0.136. The standard InChI is InChI=1S/C19H13ClN2O3/c20-17-11-10-15(22(24)25)12-19(17)21(13-23)18-9-5-4-8-16(18)14-6-2-1-3-7-14/h1-13H. The van der Waals surface area contributed by atoms with E-state index in [2.05, 4.69) is 0 Å². The second-order valence-corrected chi connectivity index (χ2v) is 5.66. The van der Waals surface area contributed by atoms with Gasteiger partial charge in [-0.3, -0.25) is 19.8 Å². The smallest absolute Gasteiger partial charge is 0.271 e. The molecule has 0 saturated heterocycles. The van der Waals surface area contributed by atoms with E-state index in [4.69, 9.17) is 11.6 Å². The van der Waals surface area contributed by atoms with E-state index in [0.717, 1.165) is 11.1 Å². The fraction of sp³-hybridized carbons (Fsp3) is 0. The summed E-state index contributed by atoms with van der Waals surface area (Å²) < 4.78 is 0. The lowest BCUT2D eigenvalue weighted by atomic mass is 10.0. The fourth-order valence-corrected chi connectivity index (χ4v) is 2.80. The van der Waals surface area contributed by atoms with Gasteiger partial charge in [0.05, 0.1) is 21.3 Å². The van der Waals surface area contributed by atoms with E-state index in [-0.39, 0.29) is 16.4 Å². The number of amides is 1. The van der Waals surface area contributed by atoms with Crippen molar-refractivity contribution in [2.75, 3.05) is 4.90 Å². The average molecular weight is 353 g/mol. The molecule has 5 nitrogen and oxygen atoms in total. The molecule has 0 fully saturated rings. The second-order valence-electron chi connectivity index (χ2n) is 5.25. The minimum Gasteiger partial charge on any atom is -0.281 e. The first kappa shape index (κ1) is 16.7. The number of hydrogen-bond donors (Lipinski definition) is 0. The Morgan fingerprint density at radius 2 is 1.60 bits per heavy atom. The maximum absolute atomic E-state index is 11.8. The van der Waals surface area contributed by atoms with Crippen molar-refractivity contribution in [1.82, 2.24) is 0 Å². The Balaban J connectivity index is 2.17. The maximum Gasteiger partial charge on any atom is 0.271 e. The number of hydrogen-bond acceptors (Lipinski definition) is 3. The molecule has 0 N–H and O–H groups in total. The number of carbonyl (C=O) groups is 1. The van der Waals surface area contributed by atoms with Crippen LogP contribution in [0.25, 0.3) is 11.1 Å². The molecule has 0 radical (unpaired) electrons. The van der Waals surface area contributed by atoms with Crippen LogP contribution in [0, 0.1) is 10.1 Å². The van der Waals surface area contributed by atoms with Crippen molar-refractivity contribution in [1.29, 1.82) is 0 Å². The molecule has 0 bridgehead atoms. The van der Waals surface area contributed by atoms with Gasteiger partial charge in [0, 0.05) is 17.7 Å². The van der Waals surface area contributed by atoms with Crippen LogP contribution in [-0.4, -0.2) is 11.3 Å². The Bertz CT molecular complexity index is 929. The number of nitro benzene ring substituents is 1. The summed E-state index contributed by atoms with van der Waals surface area (Å²) in [4.78, 5) is 23.7. The Kier molecular flexibility index (Phi) is 4.77. The van der Waals surface area contributed by atoms with E-state index >= 15 is 0 Å². The quantitative estimate of drug-likeness (QED) is 0.359. The Morgan fingerprint density at radius 3 is 2.28 bits per heavy atom. The molecule has 0 unspecified atom stereocenters. The van der Waals surface area contributed by atoms with E-state index in [1.807, 2.05) is 42.5 Å². The van der Waals surface area contributed by atoms with Gasteiger partial charge < -0.3 is 0 Å². The first-order chi connectivity index (χ1) is 12.1. The highest BCUT2D eigenvalue weighted by atomic mass is 35.5. The molecule has 124 valence electrons. The van der Waals surface area contributed by atoms with Gasteiger partial charge in [-0.05, 0) is 17.7 Å². The lowest BCUT2D eigenvalue weighted by Crippen LogP contribution is -2.15. The van der Waals surface area contributed by atoms with Gasteiger partial charge in [0.2, 0.25) is 6.41 Å². The molecule has 0 aliphatic carbocycles. The van der Waals surface area contributed by atoms with Gasteiger partial charge in [-0.15, -0.1) is 0 Å². The van der Waals surface area contributed by atoms with Crippen molar-refractivity contribution in [3.63, 3.8) is 0 Å². The third-order valence-corrected chi connectivity index (χ3v) is 4.07. The first-order valence-electron chi connectivity index (χ1n) is 7.44. The second kappa shape index (κ2) is 7.15. The molecule has 0 spiro atoms. The van der Waals surface area contributed by atoms with Crippen LogP contribution in [0.1, 0.15) is 0 Å². The molecule has 3 aromatic carbocycles. The highest BCUT2D eigenvalue weighted by Gasteiger charge is 2.19. The number of para-hydroxylation sites is 1. The summed E-state index contributed by atoms with van der Waals surface area (Å²) in [5.41, 5.74) is 2.45. The van der Waals surface area contributed by atoms with Crippen LogP contribution in [0.15, 0.2) is 72.8 Å². The predicted molar refractivity (Wildman–Crippen MR) is 98.2 cm³/mol. The van der Waals surface area contributed by atoms with Gasteiger partial charge in [-0.1, -0.05) is 60.1 Å². The van der Waals surface area contributed by atoms with Gasteiger partial charge in [0.25, 0.3) is 5.69 Å². The maximum atomic E-state index is 11.8. The first-order valence-corrected chi connectivity index (χ1v) is 7.82. The Morgan fingerprint density at radius 1 is 0.920 bits per heavy atom. The summed E-state index contributed by atoms with van der Waals surface area (Å²) in [5, 5.41) is 11.3. The molecule has 6 heteroatoms. The summed E-state index contributed by atoms with van der Waals surface area (Å²) in [6.07, 6.45) is 0.604. The van der Waals surface area contributed by atoms with E-state index in [9.17, 15) is 14.9 Å². The van der Waals surface area contributed by atoms with Crippen LogP contribution < -0.4 is 4.90 Å². The largest absolute Gasteiger partial charge is 0.281 e. The number of halogens is 1. The third-order valence-electron chi connectivity index (χ3n) is 3.75. The third kappa shape index (κ3) is 3.36. The van der Waals surface area contributed by atoms with Crippen LogP contribution in [0.5, 0.6) is 0 Å². The fourth-order valence-electron chi connectivity index (χ4n) is 2.59. The van der Waals surface area contributed by atoms with Crippen molar-refractivity contribution >= 4 is 35.1 Å². The van der Waals surface area contributed by atoms with Crippen molar-refractivity contribution in [3.05, 3.63) is 87.9 Å². The van der Waals surface area contributed by atoms with Crippen molar-refractivity contribution in [3.8, 4) is 11.1 Å². The number of carbonyl (C=O) groups excluding carboxylic acids is 1. The SMILES string of the molecule is O=CN(c1cc([N+](=O)[O-])ccc1Cl)c1ccccc1-c1ccccc1. The predicted octanol–water partition coefficient (Wildman–Crippen LogP) is 5.21. The summed E-state index contributed by atoms with van der Waals surface area (Å²) >= 11 is 6.20. The highest BCUT2D eigenvalue weighted by molar-refractivity contribution is 6.34. The molecule has 0 aliphatic rings. The van der Waals surface area contributed by atoms with Gasteiger partial charge in [0.1, 0.15) is 0 Å². The number of rotatable bonds is 5. The lowest BCUT2D eigenvalue weighted by Gasteiger charge is -2.22. The van der Waals surface area contributed by atoms with Crippen molar-refractivity contribution in [2.45, 2.75) is 0 Å². The molecule has 1 amide bonds. The summed E-state index contributed by atoms with van der Waals surface area (Å²) in [6.45, 7) is 0. The number of non-ortho nitro benzene ring substituents is 1. The molecular formula is C19H13ClN2O3. The van der Waals surface area contributed by atoms with E-state index in [0.29, 0.717) is 12.1 Å². The molecule has 3 rings (SSSR count). The summed E-state index contributed by atoms with van der Waals surface area (Å²) in [7, 11) is 0. The molecule has 0 heterocycles. The minimum atomic E-state index is -0.522. The zero-order valence-electron chi connectivity index (χ0n) is 13.0. The van der Waals surface area contributed by atoms with Gasteiger partial charge in [-0.25, -0.2) is 0 Å². The zero-order valence-corrected chi connectivity index (χ0v) is 13.8. The van der Waals surface area contributed by atoms with Gasteiger partial charge in [-0.2, -0.15) is 0 Å². The summed E-state index contributed by atoms with van der Waals surface area (Å²) in [5.74, 6) is 0. The van der Waals surface area contributed by atoms with E-state index < -0.39 is 4.92 Å². The topological polar surface area (TPSA) is 63.5 Å². The van der Waals surface area contributed by atoms with Gasteiger partial charge in [0.15, 0.2) is 0 Å². The molecular weight excluding hydrogens is 340 g/mol. The molecule has 3 aromatic rings. The van der Waals surface area contributed by atoms with E-state index in [1.165, 1.54) is 23.1 Å². The van der Waals surface area contributed by atoms with Crippen molar-refractivity contribution in [2.24, 2.45) is 0 Å². The number of benzene rings is 3. The Labute approximate surface area is 149 Å². The van der Waals surface area contributed by atoms with Crippen molar-refractivity contribution < 1.29 is 9.72 Å². The monoisotopic (exact) mass is 352 g/mol. The number of nitro groups is 1. The van der Waals surface area contributed by atoms with Crippen LogP contribution in [0.4, 0.5) is 17.1 Å². The molecule has 0 atom stereocenters. The molecule has 0 saturated carbocycles. The van der Waals surface area contributed by atoms with Crippen LogP contribution >= 0.6 is 11.6 Å². The Hall–Kier alpha value is -3.18. The highest BCUT2D eigenvalue weighted by Crippen LogP contribution is 2.38.